The molecule has 3 N–H and O–H groups in total. The predicted octanol–water partition coefficient (Wildman–Crippen LogP) is 6.44. The standard InChI is InChI=1S/C44H41N3O7/c1-43(2)47(38(28-54-43)41(50)51)40(49)37(45-42(52)53-27-36-34-24-14-12-22-32(34)33-23-13-15-25-35(33)36)26-39(48)46-44(29-16-6-3-7-17-29,30-18-8-4-9-19-30)31-20-10-5-11-21-31/h3-25,36-38H,26-28H2,1-2H3,(H,45,52)(H,46,48)(H,50,51)/t37-,38?/m0/s1. The van der Waals surface area contributed by atoms with Crippen molar-refractivity contribution in [3.63, 3.8) is 0 Å². The van der Waals surface area contributed by atoms with Crippen LogP contribution >= 0.6 is 0 Å². The summed E-state index contributed by atoms with van der Waals surface area (Å²) >= 11 is 0. The number of rotatable bonds is 11. The highest BCUT2D eigenvalue weighted by molar-refractivity contribution is 5.94. The number of aliphatic carboxylic acids is 1. The van der Waals surface area contributed by atoms with Crippen LogP contribution in [0.1, 0.15) is 54.0 Å². The van der Waals surface area contributed by atoms with Gasteiger partial charge in [0.25, 0.3) is 0 Å². The Kier molecular flexibility index (Phi) is 10.0. The van der Waals surface area contributed by atoms with Crippen molar-refractivity contribution < 1.29 is 33.8 Å². The Morgan fingerprint density at radius 2 is 1.22 bits per heavy atom. The summed E-state index contributed by atoms with van der Waals surface area (Å²) in [6.45, 7) is 2.87. The molecule has 1 saturated heterocycles. The number of ether oxygens (including phenoxy) is 2. The first-order valence-corrected chi connectivity index (χ1v) is 17.9. The Balaban J connectivity index is 1.20. The topological polar surface area (TPSA) is 134 Å². The molecule has 5 aromatic carbocycles. The van der Waals surface area contributed by atoms with Crippen LogP contribution in [0.4, 0.5) is 4.79 Å². The van der Waals surface area contributed by atoms with Gasteiger partial charge in [0, 0.05) is 5.92 Å². The van der Waals surface area contributed by atoms with E-state index in [2.05, 4.69) is 10.6 Å². The van der Waals surface area contributed by atoms with E-state index in [1.807, 2.05) is 140 Å². The Morgan fingerprint density at radius 3 is 1.70 bits per heavy atom. The van der Waals surface area contributed by atoms with Crippen molar-refractivity contribution in [1.82, 2.24) is 15.5 Å². The maximum Gasteiger partial charge on any atom is 0.407 e. The van der Waals surface area contributed by atoms with Gasteiger partial charge in [-0.2, -0.15) is 0 Å². The second-order valence-corrected chi connectivity index (χ2v) is 13.9. The van der Waals surface area contributed by atoms with Gasteiger partial charge in [-0.25, -0.2) is 9.59 Å². The SMILES string of the molecule is CC1(C)OCC(C(=O)O)N1C(=O)[C@H](CC(=O)NC(c1ccccc1)(c1ccccc1)c1ccccc1)NC(=O)OCC1c2ccccc2-c2ccccc21. The fourth-order valence-corrected chi connectivity index (χ4v) is 7.78. The minimum atomic E-state index is -1.51. The van der Waals surface area contributed by atoms with E-state index in [0.717, 1.165) is 43.8 Å². The maximum atomic E-state index is 14.5. The van der Waals surface area contributed by atoms with Crippen molar-refractivity contribution in [2.45, 2.75) is 49.5 Å². The van der Waals surface area contributed by atoms with Crippen molar-refractivity contribution in [3.8, 4) is 11.1 Å². The lowest BCUT2D eigenvalue weighted by molar-refractivity contribution is -0.157. The molecule has 0 spiro atoms. The molecular formula is C44H41N3O7. The fourth-order valence-electron chi connectivity index (χ4n) is 7.78. The van der Waals surface area contributed by atoms with Gasteiger partial charge in [-0.3, -0.25) is 14.5 Å². The van der Waals surface area contributed by atoms with E-state index in [-0.39, 0.29) is 19.1 Å². The smallest absolute Gasteiger partial charge is 0.407 e. The third kappa shape index (κ3) is 6.83. The molecule has 1 unspecified atom stereocenters. The van der Waals surface area contributed by atoms with Crippen molar-refractivity contribution >= 4 is 23.9 Å². The zero-order chi connectivity index (χ0) is 37.9. The predicted molar refractivity (Wildman–Crippen MR) is 202 cm³/mol. The summed E-state index contributed by atoms with van der Waals surface area (Å²) in [5.41, 5.74) is 3.91. The van der Waals surface area contributed by atoms with Gasteiger partial charge in [-0.1, -0.05) is 140 Å². The monoisotopic (exact) mass is 723 g/mol. The van der Waals surface area contributed by atoms with E-state index >= 15 is 0 Å². The van der Waals surface area contributed by atoms with Gasteiger partial charge in [0.15, 0.2) is 6.04 Å². The largest absolute Gasteiger partial charge is 0.480 e. The van der Waals surface area contributed by atoms with Gasteiger partial charge >= 0.3 is 12.1 Å². The number of carboxylic acids is 1. The molecule has 274 valence electrons. The van der Waals surface area contributed by atoms with E-state index in [9.17, 15) is 24.3 Å². The van der Waals surface area contributed by atoms with Crippen molar-refractivity contribution in [2.75, 3.05) is 13.2 Å². The summed E-state index contributed by atoms with van der Waals surface area (Å²) in [6, 6.07) is 41.5. The molecule has 7 rings (SSSR count). The number of nitrogens with zero attached hydrogens (tertiary/aromatic N) is 1. The number of hydrogen-bond donors (Lipinski definition) is 3. The molecule has 0 saturated carbocycles. The number of fused-ring (bicyclic) bond motifs is 3. The first-order chi connectivity index (χ1) is 26.1. The van der Waals surface area contributed by atoms with Crippen LogP contribution in [-0.2, 0) is 29.4 Å². The van der Waals surface area contributed by atoms with Gasteiger partial charge in [0.1, 0.15) is 23.9 Å². The number of carbonyl (C=O) groups excluding carboxylic acids is 3. The molecule has 10 heteroatoms. The van der Waals surface area contributed by atoms with Crippen LogP contribution in [0.3, 0.4) is 0 Å². The number of benzene rings is 5. The van der Waals surface area contributed by atoms with Crippen LogP contribution in [0.5, 0.6) is 0 Å². The molecule has 10 nitrogen and oxygen atoms in total. The Labute approximate surface area is 313 Å². The number of carbonyl (C=O) groups is 4. The Bertz CT molecular complexity index is 2020. The molecule has 1 fully saturated rings. The average molecular weight is 724 g/mol. The van der Waals surface area contributed by atoms with Crippen molar-refractivity contribution in [3.05, 3.63) is 167 Å². The van der Waals surface area contributed by atoms with Crippen LogP contribution < -0.4 is 10.6 Å². The Morgan fingerprint density at radius 1 is 0.759 bits per heavy atom. The molecule has 1 heterocycles. The summed E-state index contributed by atoms with van der Waals surface area (Å²) in [4.78, 5) is 56.0. The second kappa shape index (κ2) is 15.0. The summed E-state index contributed by atoms with van der Waals surface area (Å²) in [5, 5.41) is 15.9. The molecule has 0 aromatic heterocycles. The van der Waals surface area contributed by atoms with Crippen LogP contribution in [0, 0.1) is 0 Å². The number of hydrogen-bond acceptors (Lipinski definition) is 6. The highest BCUT2D eigenvalue weighted by Gasteiger charge is 2.50. The zero-order valence-corrected chi connectivity index (χ0v) is 30.0. The fraction of sp³-hybridized carbons (Fsp3) is 0.227. The molecular weight excluding hydrogens is 682 g/mol. The highest BCUT2D eigenvalue weighted by Crippen LogP contribution is 2.44. The number of nitrogens with one attached hydrogen (secondary N) is 2. The van der Waals surface area contributed by atoms with Gasteiger partial charge in [-0.15, -0.1) is 0 Å². The highest BCUT2D eigenvalue weighted by atomic mass is 16.6. The third-order valence-electron chi connectivity index (χ3n) is 10.3. The molecule has 0 radical (unpaired) electrons. The first-order valence-electron chi connectivity index (χ1n) is 17.9. The van der Waals surface area contributed by atoms with E-state index in [1.54, 1.807) is 13.8 Å². The first kappa shape index (κ1) is 36.1. The summed E-state index contributed by atoms with van der Waals surface area (Å²) in [5.74, 6) is -2.88. The van der Waals surface area contributed by atoms with Gasteiger partial charge in [0.2, 0.25) is 11.8 Å². The quantitative estimate of drug-likeness (QED) is 0.134. The zero-order valence-electron chi connectivity index (χ0n) is 30.0. The van der Waals surface area contributed by atoms with Crippen LogP contribution in [0.2, 0.25) is 0 Å². The van der Waals surface area contributed by atoms with Gasteiger partial charge in [-0.05, 0) is 52.8 Å². The minimum absolute atomic E-state index is 0.0256. The number of alkyl carbamates (subject to hydrolysis) is 1. The van der Waals surface area contributed by atoms with Gasteiger partial charge in [0.05, 0.1) is 13.0 Å². The Hall–Kier alpha value is -6.26. The molecule has 2 aliphatic rings. The maximum absolute atomic E-state index is 14.5. The number of amides is 3. The lowest BCUT2D eigenvalue weighted by atomic mass is 9.77. The summed E-state index contributed by atoms with van der Waals surface area (Å²) in [7, 11) is 0. The average Bonchev–Trinajstić information content (AvgIpc) is 3.70. The van der Waals surface area contributed by atoms with Crippen LogP contribution in [0.25, 0.3) is 11.1 Å². The summed E-state index contributed by atoms with van der Waals surface area (Å²) in [6.07, 6.45) is -1.45. The van der Waals surface area contributed by atoms with E-state index in [4.69, 9.17) is 9.47 Å². The van der Waals surface area contributed by atoms with E-state index in [0.29, 0.717) is 0 Å². The van der Waals surface area contributed by atoms with Crippen molar-refractivity contribution in [1.29, 1.82) is 0 Å². The molecule has 5 aromatic rings. The normalized spacial score (nSPS) is 16.5. The minimum Gasteiger partial charge on any atom is -0.480 e. The lowest BCUT2D eigenvalue weighted by Crippen LogP contribution is -2.59. The summed E-state index contributed by atoms with van der Waals surface area (Å²) < 4.78 is 11.5. The lowest BCUT2D eigenvalue weighted by Gasteiger charge is -2.38. The molecule has 3 amide bonds. The molecule has 2 atom stereocenters. The van der Waals surface area contributed by atoms with Crippen LogP contribution in [-0.4, -0.2) is 64.9 Å². The van der Waals surface area contributed by atoms with Gasteiger partial charge < -0.3 is 25.2 Å². The van der Waals surface area contributed by atoms with Crippen LogP contribution in [0.15, 0.2) is 140 Å². The molecule has 0 bridgehead atoms. The van der Waals surface area contributed by atoms with Crippen molar-refractivity contribution in [2.24, 2.45) is 0 Å². The molecule has 54 heavy (non-hydrogen) atoms. The molecule has 1 aliphatic heterocycles. The molecule has 1 aliphatic carbocycles. The third-order valence-corrected chi connectivity index (χ3v) is 10.3. The van der Waals surface area contributed by atoms with E-state index < -0.39 is 53.6 Å². The number of carboxylic acid groups (broad SMARTS) is 1. The van der Waals surface area contributed by atoms with E-state index in [1.165, 1.54) is 0 Å². The second-order valence-electron chi connectivity index (χ2n) is 13.9.